The summed E-state index contributed by atoms with van der Waals surface area (Å²) in [7, 11) is 4.48. The van der Waals surface area contributed by atoms with Crippen molar-refractivity contribution in [2.24, 2.45) is 0 Å². The van der Waals surface area contributed by atoms with Crippen LogP contribution in [0.1, 0.15) is 22.8 Å². The van der Waals surface area contributed by atoms with Gasteiger partial charge in [0.25, 0.3) is 5.91 Å². The molecule has 6 heteroatoms. The van der Waals surface area contributed by atoms with Crippen LogP contribution in [-0.4, -0.2) is 38.9 Å². The first kappa shape index (κ1) is 22.2. The highest BCUT2D eigenvalue weighted by atomic mass is 16.5. The Hall–Kier alpha value is -3.51. The predicted molar refractivity (Wildman–Crippen MR) is 120 cm³/mol. The van der Waals surface area contributed by atoms with Gasteiger partial charge in [0.2, 0.25) is 5.75 Å². The van der Waals surface area contributed by atoms with Crippen molar-refractivity contribution in [3.63, 3.8) is 0 Å². The molecular formula is C25H27NO5. The molecule has 0 bridgehead atoms. The molecule has 1 unspecified atom stereocenters. The number of methoxy groups -OCH3 is 3. The Kier molecular flexibility index (Phi) is 6.82. The molecular weight excluding hydrogens is 394 g/mol. The highest BCUT2D eigenvalue weighted by Crippen LogP contribution is 2.38. The minimum absolute atomic E-state index is 0.0349. The Morgan fingerprint density at radius 1 is 0.871 bits per heavy atom. The Bertz CT molecular complexity index is 1000. The maximum absolute atomic E-state index is 12.7. The molecule has 3 aromatic carbocycles. The summed E-state index contributed by atoms with van der Waals surface area (Å²) in [6, 6.07) is 20.8. The number of benzene rings is 3. The second kappa shape index (κ2) is 9.53. The van der Waals surface area contributed by atoms with Crippen LogP contribution in [0.25, 0.3) is 11.1 Å². The van der Waals surface area contributed by atoms with Crippen molar-refractivity contribution in [1.29, 1.82) is 0 Å². The summed E-state index contributed by atoms with van der Waals surface area (Å²) in [6.07, 6.45) is 0. The number of carbonyl (C=O) groups is 1. The molecule has 0 aliphatic rings. The summed E-state index contributed by atoms with van der Waals surface area (Å²) in [6.45, 7) is 1.70. The Balaban J connectivity index is 1.73. The lowest BCUT2D eigenvalue weighted by Gasteiger charge is -2.25. The minimum Gasteiger partial charge on any atom is -0.493 e. The van der Waals surface area contributed by atoms with E-state index in [2.05, 4.69) is 5.32 Å². The first-order valence-corrected chi connectivity index (χ1v) is 9.86. The van der Waals surface area contributed by atoms with Gasteiger partial charge in [-0.15, -0.1) is 0 Å². The molecule has 31 heavy (non-hydrogen) atoms. The topological polar surface area (TPSA) is 77.0 Å². The second-order valence-corrected chi connectivity index (χ2v) is 7.31. The zero-order chi connectivity index (χ0) is 22.4. The van der Waals surface area contributed by atoms with Crippen molar-refractivity contribution in [1.82, 2.24) is 5.32 Å². The molecule has 6 nitrogen and oxygen atoms in total. The molecule has 162 valence electrons. The van der Waals surface area contributed by atoms with Crippen LogP contribution in [0, 0.1) is 0 Å². The summed E-state index contributed by atoms with van der Waals surface area (Å²) in [5, 5.41) is 13.7. The van der Waals surface area contributed by atoms with Crippen molar-refractivity contribution in [2.75, 3.05) is 27.9 Å². The zero-order valence-corrected chi connectivity index (χ0v) is 18.1. The molecule has 0 saturated carbocycles. The molecule has 1 amide bonds. The maximum Gasteiger partial charge on any atom is 0.251 e. The van der Waals surface area contributed by atoms with E-state index in [0.717, 1.165) is 11.1 Å². The highest BCUT2D eigenvalue weighted by molar-refractivity contribution is 5.95. The Morgan fingerprint density at radius 3 is 1.94 bits per heavy atom. The van der Waals surface area contributed by atoms with Crippen LogP contribution >= 0.6 is 0 Å². The number of aliphatic hydroxyl groups is 1. The van der Waals surface area contributed by atoms with Gasteiger partial charge in [-0.1, -0.05) is 54.6 Å². The van der Waals surface area contributed by atoms with E-state index in [1.165, 1.54) is 21.3 Å². The number of amides is 1. The molecule has 0 fully saturated rings. The molecule has 0 radical (unpaired) electrons. The molecule has 0 saturated heterocycles. The van der Waals surface area contributed by atoms with E-state index >= 15 is 0 Å². The molecule has 0 heterocycles. The molecule has 0 aromatic heterocycles. The quantitative estimate of drug-likeness (QED) is 0.575. The van der Waals surface area contributed by atoms with E-state index in [0.29, 0.717) is 28.4 Å². The third kappa shape index (κ3) is 4.98. The van der Waals surface area contributed by atoms with Crippen molar-refractivity contribution >= 4 is 5.91 Å². The number of hydrogen-bond acceptors (Lipinski definition) is 5. The first-order valence-electron chi connectivity index (χ1n) is 9.86. The molecule has 1 atom stereocenters. The normalized spacial score (nSPS) is 12.5. The van der Waals surface area contributed by atoms with Crippen LogP contribution < -0.4 is 19.5 Å². The summed E-state index contributed by atoms with van der Waals surface area (Å²) in [5.41, 5.74) is 1.96. The van der Waals surface area contributed by atoms with Gasteiger partial charge in [0.1, 0.15) is 5.60 Å². The minimum atomic E-state index is -1.24. The van der Waals surface area contributed by atoms with E-state index in [1.807, 2.05) is 54.6 Å². The zero-order valence-electron chi connectivity index (χ0n) is 18.1. The lowest BCUT2D eigenvalue weighted by atomic mass is 9.93. The fourth-order valence-corrected chi connectivity index (χ4v) is 3.32. The van der Waals surface area contributed by atoms with Crippen molar-refractivity contribution < 1.29 is 24.1 Å². The van der Waals surface area contributed by atoms with Crippen LogP contribution in [0.4, 0.5) is 0 Å². The Morgan fingerprint density at radius 2 is 1.42 bits per heavy atom. The van der Waals surface area contributed by atoms with E-state index in [9.17, 15) is 9.90 Å². The van der Waals surface area contributed by atoms with E-state index in [-0.39, 0.29) is 12.5 Å². The summed E-state index contributed by atoms with van der Waals surface area (Å²) < 4.78 is 15.9. The predicted octanol–water partition coefficient (Wildman–Crippen LogP) is 4.02. The van der Waals surface area contributed by atoms with Gasteiger partial charge in [-0.05, 0) is 35.7 Å². The van der Waals surface area contributed by atoms with E-state index in [1.54, 1.807) is 19.1 Å². The Labute approximate surface area is 182 Å². The number of hydrogen-bond donors (Lipinski definition) is 2. The smallest absolute Gasteiger partial charge is 0.251 e. The third-order valence-corrected chi connectivity index (χ3v) is 5.13. The van der Waals surface area contributed by atoms with Crippen LogP contribution in [-0.2, 0) is 5.60 Å². The lowest BCUT2D eigenvalue weighted by Crippen LogP contribution is -2.38. The average molecular weight is 421 g/mol. The number of carbonyl (C=O) groups excluding carboxylic acids is 1. The van der Waals surface area contributed by atoms with Gasteiger partial charge in [0, 0.05) is 5.56 Å². The lowest BCUT2D eigenvalue weighted by molar-refractivity contribution is 0.0526. The summed E-state index contributed by atoms with van der Waals surface area (Å²) >= 11 is 0. The molecule has 0 aliphatic heterocycles. The van der Waals surface area contributed by atoms with Crippen molar-refractivity contribution in [3.8, 4) is 28.4 Å². The monoisotopic (exact) mass is 421 g/mol. The van der Waals surface area contributed by atoms with Gasteiger partial charge in [-0.3, -0.25) is 4.79 Å². The van der Waals surface area contributed by atoms with Crippen molar-refractivity contribution in [3.05, 3.63) is 77.9 Å². The summed E-state index contributed by atoms with van der Waals surface area (Å²) in [4.78, 5) is 12.7. The van der Waals surface area contributed by atoms with Gasteiger partial charge < -0.3 is 24.6 Å². The van der Waals surface area contributed by atoms with Crippen LogP contribution in [0.5, 0.6) is 17.2 Å². The number of rotatable bonds is 8. The molecule has 0 aliphatic carbocycles. The van der Waals surface area contributed by atoms with Gasteiger partial charge in [0.15, 0.2) is 11.5 Å². The fraction of sp³-hybridized carbons (Fsp3) is 0.240. The highest BCUT2D eigenvalue weighted by Gasteiger charge is 2.25. The van der Waals surface area contributed by atoms with Crippen LogP contribution in [0.3, 0.4) is 0 Å². The van der Waals surface area contributed by atoms with Crippen LogP contribution in [0.2, 0.25) is 0 Å². The maximum atomic E-state index is 12.7. The number of nitrogens with one attached hydrogen (secondary N) is 1. The average Bonchev–Trinajstić information content (AvgIpc) is 2.82. The SMILES string of the molecule is COc1cc(C(=O)NCC(C)(O)c2ccc(-c3ccccc3)cc2)cc(OC)c1OC. The van der Waals surface area contributed by atoms with Gasteiger partial charge >= 0.3 is 0 Å². The molecule has 2 N–H and O–H groups in total. The van der Waals surface area contributed by atoms with Crippen molar-refractivity contribution in [2.45, 2.75) is 12.5 Å². The van der Waals surface area contributed by atoms with Gasteiger partial charge in [-0.2, -0.15) is 0 Å². The fourth-order valence-electron chi connectivity index (χ4n) is 3.32. The van der Waals surface area contributed by atoms with E-state index in [4.69, 9.17) is 14.2 Å². The molecule has 3 rings (SSSR count). The van der Waals surface area contributed by atoms with Gasteiger partial charge in [0.05, 0.1) is 27.9 Å². The first-order chi connectivity index (χ1) is 14.9. The van der Waals surface area contributed by atoms with E-state index < -0.39 is 5.60 Å². The summed E-state index contributed by atoms with van der Waals surface area (Å²) in [5.74, 6) is 0.818. The van der Waals surface area contributed by atoms with Crippen LogP contribution in [0.15, 0.2) is 66.7 Å². The molecule has 0 spiro atoms. The largest absolute Gasteiger partial charge is 0.493 e. The number of ether oxygens (including phenoxy) is 3. The standard InChI is InChI=1S/C25H27NO5/c1-25(28,20-12-10-18(11-13-20)17-8-6-5-7-9-17)16-26-24(27)19-14-21(29-2)23(31-4)22(15-19)30-3/h5-15,28H,16H2,1-4H3,(H,26,27). The third-order valence-electron chi connectivity index (χ3n) is 5.13. The molecule has 3 aromatic rings. The second-order valence-electron chi connectivity index (χ2n) is 7.31. The van der Waals surface area contributed by atoms with Gasteiger partial charge in [-0.25, -0.2) is 0 Å².